The quantitative estimate of drug-likeness (QED) is 0.915. The monoisotopic (exact) mass is 286 g/mol. The maximum absolute atomic E-state index is 3.72. The van der Waals surface area contributed by atoms with Crippen LogP contribution in [0.5, 0.6) is 0 Å². The molecular formula is C19H30N2. The molecule has 116 valence electrons. The minimum absolute atomic E-state index is 0.493. The molecule has 2 atom stereocenters. The van der Waals surface area contributed by atoms with E-state index in [1.165, 1.54) is 44.3 Å². The number of hydrogen-bond donors (Lipinski definition) is 1. The highest BCUT2D eigenvalue weighted by atomic mass is 15.2. The third-order valence-electron chi connectivity index (χ3n) is 5.50. The fourth-order valence-electron chi connectivity index (χ4n) is 4.32. The Labute approximate surface area is 129 Å². The zero-order chi connectivity index (χ0) is 14.7. The molecule has 0 aromatic heterocycles. The molecule has 3 rings (SSSR count). The van der Waals surface area contributed by atoms with Crippen LogP contribution in [-0.4, -0.2) is 36.6 Å². The van der Waals surface area contributed by atoms with Crippen LogP contribution in [0.2, 0.25) is 0 Å². The Bertz CT molecular complexity index is 440. The molecule has 1 aliphatic heterocycles. The highest BCUT2D eigenvalue weighted by Crippen LogP contribution is 2.38. The summed E-state index contributed by atoms with van der Waals surface area (Å²) < 4.78 is 0. The average Bonchev–Trinajstić information content (AvgIpc) is 2.48. The lowest BCUT2D eigenvalue weighted by atomic mass is 9.72. The molecule has 1 aromatic carbocycles. The van der Waals surface area contributed by atoms with Crippen molar-refractivity contribution in [2.45, 2.75) is 58.0 Å². The highest BCUT2D eigenvalue weighted by molar-refractivity contribution is 5.16. The molecule has 1 N–H and O–H groups in total. The number of hydrogen-bond acceptors (Lipinski definition) is 2. The molecule has 1 saturated heterocycles. The Morgan fingerprint density at radius 3 is 2.76 bits per heavy atom. The molecule has 21 heavy (non-hydrogen) atoms. The van der Waals surface area contributed by atoms with Gasteiger partial charge in [-0.15, -0.1) is 0 Å². The second-order valence-electron chi connectivity index (χ2n) is 7.59. The fraction of sp³-hybridized carbons (Fsp3) is 0.684. The molecule has 0 radical (unpaired) electrons. The number of nitrogens with zero attached hydrogens (tertiary/aromatic N) is 1. The van der Waals surface area contributed by atoms with E-state index >= 15 is 0 Å². The van der Waals surface area contributed by atoms with Gasteiger partial charge in [-0.2, -0.15) is 0 Å². The molecule has 1 heterocycles. The number of nitrogens with one attached hydrogen (secondary N) is 1. The minimum atomic E-state index is 0.493. The van der Waals surface area contributed by atoms with E-state index in [9.17, 15) is 0 Å². The first-order valence-electron chi connectivity index (χ1n) is 8.66. The van der Waals surface area contributed by atoms with Crippen LogP contribution in [-0.2, 0) is 6.42 Å². The van der Waals surface area contributed by atoms with Gasteiger partial charge < -0.3 is 5.32 Å². The summed E-state index contributed by atoms with van der Waals surface area (Å²) in [7, 11) is 0. The molecule has 2 heteroatoms. The van der Waals surface area contributed by atoms with Gasteiger partial charge in [0.2, 0.25) is 0 Å². The number of benzene rings is 1. The molecule has 1 aromatic rings. The van der Waals surface area contributed by atoms with Crippen LogP contribution in [0.4, 0.5) is 0 Å². The van der Waals surface area contributed by atoms with E-state index in [0.29, 0.717) is 11.5 Å². The maximum atomic E-state index is 3.72. The van der Waals surface area contributed by atoms with Gasteiger partial charge in [-0.25, -0.2) is 0 Å². The van der Waals surface area contributed by atoms with E-state index in [0.717, 1.165) is 19.0 Å². The Balaban J connectivity index is 1.63. The van der Waals surface area contributed by atoms with Crippen molar-refractivity contribution in [1.29, 1.82) is 0 Å². The molecule has 2 nitrogen and oxygen atoms in total. The summed E-state index contributed by atoms with van der Waals surface area (Å²) in [5.41, 5.74) is 1.95. The van der Waals surface area contributed by atoms with Gasteiger partial charge in [0.1, 0.15) is 0 Å². The standard InChI is InChI=1S/C19H30N2/c1-19(2)11-7-6-10-18(19)21-13-12-20-17(15-21)14-16-8-4-3-5-9-16/h3-5,8-9,17-18,20H,6-7,10-15H2,1-2H3. The third-order valence-corrected chi connectivity index (χ3v) is 5.50. The molecule has 0 spiro atoms. The van der Waals surface area contributed by atoms with Gasteiger partial charge in [-0.05, 0) is 30.2 Å². The average molecular weight is 286 g/mol. The summed E-state index contributed by atoms with van der Waals surface area (Å²) in [6.07, 6.45) is 6.78. The van der Waals surface area contributed by atoms with E-state index in [2.05, 4.69) is 54.4 Å². The predicted molar refractivity (Wildman–Crippen MR) is 89.5 cm³/mol. The van der Waals surface area contributed by atoms with Crippen LogP contribution in [0.3, 0.4) is 0 Å². The smallest absolute Gasteiger partial charge is 0.0236 e. The lowest BCUT2D eigenvalue weighted by Crippen LogP contribution is -2.58. The zero-order valence-corrected chi connectivity index (χ0v) is 13.6. The van der Waals surface area contributed by atoms with Crippen molar-refractivity contribution in [3.05, 3.63) is 35.9 Å². The Hall–Kier alpha value is -0.860. The first-order valence-corrected chi connectivity index (χ1v) is 8.66. The first-order chi connectivity index (χ1) is 10.1. The van der Waals surface area contributed by atoms with E-state index in [-0.39, 0.29) is 0 Å². The van der Waals surface area contributed by atoms with Crippen molar-refractivity contribution < 1.29 is 0 Å². The molecule has 2 aliphatic rings. The van der Waals surface area contributed by atoms with Crippen molar-refractivity contribution in [3.8, 4) is 0 Å². The topological polar surface area (TPSA) is 15.3 Å². The second kappa shape index (κ2) is 6.50. The van der Waals surface area contributed by atoms with Gasteiger partial charge in [-0.1, -0.05) is 57.0 Å². The fourth-order valence-corrected chi connectivity index (χ4v) is 4.32. The van der Waals surface area contributed by atoms with Gasteiger partial charge in [0.05, 0.1) is 0 Å². The van der Waals surface area contributed by atoms with Crippen molar-refractivity contribution in [2.24, 2.45) is 5.41 Å². The van der Waals surface area contributed by atoms with Gasteiger partial charge in [0.25, 0.3) is 0 Å². The SMILES string of the molecule is CC1(C)CCCCC1N1CCNC(Cc2ccccc2)C1. The van der Waals surface area contributed by atoms with Crippen LogP contribution < -0.4 is 5.32 Å². The molecule has 0 amide bonds. The van der Waals surface area contributed by atoms with E-state index in [1.807, 2.05) is 0 Å². The molecule has 2 fully saturated rings. The third kappa shape index (κ3) is 3.67. The summed E-state index contributed by atoms with van der Waals surface area (Å²) in [6, 6.07) is 12.3. The molecule has 1 saturated carbocycles. The Morgan fingerprint density at radius 2 is 2.00 bits per heavy atom. The second-order valence-corrected chi connectivity index (χ2v) is 7.59. The van der Waals surface area contributed by atoms with Crippen LogP contribution in [0.25, 0.3) is 0 Å². The van der Waals surface area contributed by atoms with E-state index in [4.69, 9.17) is 0 Å². The largest absolute Gasteiger partial charge is 0.311 e. The lowest BCUT2D eigenvalue weighted by Gasteiger charge is -2.48. The van der Waals surface area contributed by atoms with Crippen molar-refractivity contribution >= 4 is 0 Å². The Kier molecular flexibility index (Phi) is 4.66. The zero-order valence-electron chi connectivity index (χ0n) is 13.6. The first kappa shape index (κ1) is 15.1. The van der Waals surface area contributed by atoms with Crippen molar-refractivity contribution in [2.75, 3.05) is 19.6 Å². The summed E-state index contributed by atoms with van der Waals surface area (Å²) >= 11 is 0. The summed E-state index contributed by atoms with van der Waals surface area (Å²) in [4.78, 5) is 2.78. The van der Waals surface area contributed by atoms with Gasteiger partial charge in [-0.3, -0.25) is 4.90 Å². The molecular weight excluding hydrogens is 256 g/mol. The van der Waals surface area contributed by atoms with Crippen molar-refractivity contribution in [1.82, 2.24) is 10.2 Å². The van der Waals surface area contributed by atoms with Gasteiger partial charge in [0.15, 0.2) is 0 Å². The summed E-state index contributed by atoms with van der Waals surface area (Å²) in [6.45, 7) is 8.53. The Morgan fingerprint density at radius 1 is 1.19 bits per heavy atom. The predicted octanol–water partition coefficient (Wildman–Crippen LogP) is 3.47. The van der Waals surface area contributed by atoms with E-state index in [1.54, 1.807) is 0 Å². The van der Waals surface area contributed by atoms with Crippen LogP contribution in [0, 0.1) is 5.41 Å². The molecule has 0 bridgehead atoms. The van der Waals surface area contributed by atoms with E-state index < -0.39 is 0 Å². The molecule has 2 unspecified atom stereocenters. The number of piperazine rings is 1. The van der Waals surface area contributed by atoms with Gasteiger partial charge in [0, 0.05) is 31.7 Å². The highest BCUT2D eigenvalue weighted by Gasteiger charge is 2.37. The van der Waals surface area contributed by atoms with Crippen LogP contribution in [0.1, 0.15) is 45.1 Å². The lowest BCUT2D eigenvalue weighted by molar-refractivity contribution is 0.0293. The number of rotatable bonds is 3. The van der Waals surface area contributed by atoms with Crippen LogP contribution >= 0.6 is 0 Å². The summed E-state index contributed by atoms with van der Waals surface area (Å²) in [5, 5.41) is 3.72. The van der Waals surface area contributed by atoms with Crippen LogP contribution in [0.15, 0.2) is 30.3 Å². The molecule has 1 aliphatic carbocycles. The normalized spacial score (nSPS) is 30.2. The van der Waals surface area contributed by atoms with Crippen molar-refractivity contribution in [3.63, 3.8) is 0 Å². The maximum Gasteiger partial charge on any atom is 0.0236 e. The minimum Gasteiger partial charge on any atom is -0.311 e. The van der Waals surface area contributed by atoms with Gasteiger partial charge >= 0.3 is 0 Å². The summed E-state index contributed by atoms with van der Waals surface area (Å²) in [5.74, 6) is 0.